The molecule has 98 valence electrons. The van der Waals surface area contributed by atoms with Gasteiger partial charge in [0.1, 0.15) is 5.82 Å². The van der Waals surface area contributed by atoms with Crippen molar-refractivity contribution in [1.82, 2.24) is 20.2 Å². The summed E-state index contributed by atoms with van der Waals surface area (Å²) in [6.45, 7) is 6.51. The number of H-pyrrole nitrogens is 1. The average molecular weight is 249 g/mol. The molecule has 2 rings (SSSR count). The van der Waals surface area contributed by atoms with Crippen LogP contribution in [0.25, 0.3) is 11.0 Å². The average Bonchev–Trinajstić information content (AvgIpc) is 2.85. The van der Waals surface area contributed by atoms with E-state index in [9.17, 15) is 0 Å². The van der Waals surface area contributed by atoms with Crippen molar-refractivity contribution in [3.63, 3.8) is 0 Å². The van der Waals surface area contributed by atoms with Gasteiger partial charge < -0.3 is 5.32 Å². The van der Waals surface area contributed by atoms with Crippen molar-refractivity contribution in [2.45, 2.75) is 33.2 Å². The number of fused-ring (bicyclic) bond motifs is 1. The van der Waals surface area contributed by atoms with Gasteiger partial charge in [0.15, 0.2) is 5.65 Å². The molecule has 7 nitrogen and oxygen atoms in total. The Labute approximate surface area is 106 Å². The zero-order valence-electron chi connectivity index (χ0n) is 10.9. The van der Waals surface area contributed by atoms with E-state index >= 15 is 0 Å². The Morgan fingerprint density at radius 2 is 2.17 bits per heavy atom. The van der Waals surface area contributed by atoms with Gasteiger partial charge in [0, 0.05) is 6.04 Å². The Morgan fingerprint density at radius 1 is 1.39 bits per heavy atom. The molecule has 2 unspecified atom stereocenters. The van der Waals surface area contributed by atoms with E-state index in [1.165, 1.54) is 0 Å². The Bertz CT molecular complexity index is 521. The second-order valence-electron chi connectivity index (χ2n) is 4.49. The Kier molecular flexibility index (Phi) is 3.61. The maximum absolute atomic E-state index is 5.36. The van der Waals surface area contributed by atoms with Crippen LogP contribution in [0.15, 0.2) is 6.20 Å². The van der Waals surface area contributed by atoms with Gasteiger partial charge in [-0.25, -0.2) is 5.84 Å². The highest BCUT2D eigenvalue weighted by Gasteiger charge is 2.14. The summed E-state index contributed by atoms with van der Waals surface area (Å²) < 4.78 is 0. The lowest BCUT2D eigenvalue weighted by Crippen LogP contribution is -2.24. The van der Waals surface area contributed by atoms with Crippen molar-refractivity contribution in [1.29, 1.82) is 0 Å². The summed E-state index contributed by atoms with van der Waals surface area (Å²) in [6.07, 6.45) is 2.82. The first-order chi connectivity index (χ1) is 8.65. The van der Waals surface area contributed by atoms with Crippen LogP contribution in [-0.2, 0) is 0 Å². The number of nitrogen functional groups attached to an aromatic ring is 1. The Hall–Kier alpha value is -1.89. The first kappa shape index (κ1) is 12.6. The fourth-order valence-electron chi connectivity index (χ4n) is 1.72. The number of nitrogens with zero attached hydrogens (tertiary/aromatic N) is 3. The van der Waals surface area contributed by atoms with Crippen LogP contribution >= 0.6 is 0 Å². The molecule has 0 aliphatic rings. The minimum atomic E-state index is 0.314. The highest BCUT2D eigenvalue weighted by Crippen LogP contribution is 2.22. The van der Waals surface area contributed by atoms with Gasteiger partial charge in [-0.3, -0.25) is 10.5 Å². The predicted molar refractivity (Wildman–Crippen MR) is 72.0 cm³/mol. The second-order valence-corrected chi connectivity index (χ2v) is 4.49. The van der Waals surface area contributed by atoms with Gasteiger partial charge in [-0.2, -0.15) is 15.1 Å². The summed E-state index contributed by atoms with van der Waals surface area (Å²) in [5, 5.41) is 11.0. The van der Waals surface area contributed by atoms with E-state index in [-0.39, 0.29) is 0 Å². The number of aromatic amines is 1. The van der Waals surface area contributed by atoms with Crippen LogP contribution in [0.5, 0.6) is 0 Å². The molecule has 2 atom stereocenters. The number of anilines is 2. The number of nitrogens with one attached hydrogen (secondary N) is 3. The molecule has 0 radical (unpaired) electrons. The normalized spacial score (nSPS) is 14.4. The lowest BCUT2D eigenvalue weighted by Gasteiger charge is -2.20. The summed E-state index contributed by atoms with van der Waals surface area (Å²) in [6, 6.07) is 0.314. The third-order valence-electron chi connectivity index (χ3n) is 3.30. The van der Waals surface area contributed by atoms with Crippen LogP contribution in [0.1, 0.15) is 27.2 Å². The monoisotopic (exact) mass is 249 g/mol. The van der Waals surface area contributed by atoms with E-state index in [2.05, 4.69) is 51.7 Å². The molecule has 5 N–H and O–H groups in total. The molecule has 0 saturated heterocycles. The lowest BCUT2D eigenvalue weighted by molar-refractivity contribution is 0.494. The van der Waals surface area contributed by atoms with E-state index in [1.807, 2.05) is 0 Å². The van der Waals surface area contributed by atoms with Crippen molar-refractivity contribution < 1.29 is 0 Å². The maximum Gasteiger partial charge on any atom is 0.241 e. The molecule has 0 fully saturated rings. The molecular weight excluding hydrogens is 230 g/mol. The SMILES string of the molecule is CCC(C)C(C)Nc1nc(NN)nc2[nH]ncc12. The quantitative estimate of drug-likeness (QED) is 0.472. The van der Waals surface area contributed by atoms with Gasteiger partial charge in [0.2, 0.25) is 5.95 Å². The van der Waals surface area contributed by atoms with Gasteiger partial charge in [0.25, 0.3) is 0 Å². The molecule has 0 bridgehead atoms. The molecule has 2 heterocycles. The Balaban J connectivity index is 2.33. The first-order valence-corrected chi connectivity index (χ1v) is 6.10. The minimum Gasteiger partial charge on any atom is -0.367 e. The summed E-state index contributed by atoms with van der Waals surface area (Å²) in [5.74, 6) is 7.02. The molecular formula is C11H19N7. The molecule has 18 heavy (non-hydrogen) atoms. The van der Waals surface area contributed by atoms with Crippen molar-refractivity contribution in [3.8, 4) is 0 Å². The molecule has 0 saturated carbocycles. The van der Waals surface area contributed by atoms with Crippen molar-refractivity contribution >= 4 is 22.8 Å². The largest absolute Gasteiger partial charge is 0.367 e. The molecule has 7 heteroatoms. The van der Waals surface area contributed by atoms with Gasteiger partial charge in [-0.15, -0.1) is 0 Å². The molecule has 0 aromatic carbocycles. The fourth-order valence-corrected chi connectivity index (χ4v) is 1.72. The topological polar surface area (TPSA) is 105 Å². The van der Waals surface area contributed by atoms with Crippen LogP contribution in [-0.4, -0.2) is 26.2 Å². The van der Waals surface area contributed by atoms with E-state index < -0.39 is 0 Å². The van der Waals surface area contributed by atoms with Crippen molar-refractivity contribution in [3.05, 3.63) is 6.20 Å². The number of hydrogen-bond donors (Lipinski definition) is 4. The summed E-state index contributed by atoms with van der Waals surface area (Å²) in [4.78, 5) is 8.51. The van der Waals surface area contributed by atoms with Gasteiger partial charge in [-0.1, -0.05) is 20.3 Å². The molecule has 2 aromatic heterocycles. The number of aromatic nitrogens is 4. The molecule has 0 aliphatic heterocycles. The van der Waals surface area contributed by atoms with Gasteiger partial charge in [-0.05, 0) is 12.8 Å². The smallest absolute Gasteiger partial charge is 0.241 e. The fraction of sp³-hybridized carbons (Fsp3) is 0.545. The van der Waals surface area contributed by atoms with Crippen LogP contribution in [0, 0.1) is 5.92 Å². The summed E-state index contributed by atoms with van der Waals surface area (Å²) in [5.41, 5.74) is 3.12. The second kappa shape index (κ2) is 5.18. The van der Waals surface area contributed by atoms with Crippen LogP contribution in [0.2, 0.25) is 0 Å². The minimum absolute atomic E-state index is 0.314. The third-order valence-corrected chi connectivity index (χ3v) is 3.30. The van der Waals surface area contributed by atoms with Gasteiger partial charge in [0.05, 0.1) is 11.6 Å². The zero-order chi connectivity index (χ0) is 13.1. The van der Waals surface area contributed by atoms with Crippen LogP contribution in [0.3, 0.4) is 0 Å². The van der Waals surface area contributed by atoms with E-state index in [0.717, 1.165) is 17.6 Å². The zero-order valence-corrected chi connectivity index (χ0v) is 10.9. The Morgan fingerprint density at radius 3 is 2.83 bits per heavy atom. The van der Waals surface area contributed by atoms with E-state index in [0.29, 0.717) is 23.6 Å². The predicted octanol–water partition coefficient (Wildman–Crippen LogP) is 1.48. The number of rotatable bonds is 5. The van der Waals surface area contributed by atoms with Crippen LogP contribution in [0.4, 0.5) is 11.8 Å². The molecule has 0 amide bonds. The summed E-state index contributed by atoms with van der Waals surface area (Å²) >= 11 is 0. The highest BCUT2D eigenvalue weighted by atomic mass is 15.3. The van der Waals surface area contributed by atoms with Crippen LogP contribution < -0.4 is 16.6 Å². The maximum atomic E-state index is 5.36. The van der Waals surface area contributed by atoms with E-state index in [4.69, 9.17) is 5.84 Å². The summed E-state index contributed by atoms with van der Waals surface area (Å²) in [7, 11) is 0. The van der Waals surface area contributed by atoms with Crippen molar-refractivity contribution in [2.24, 2.45) is 11.8 Å². The molecule has 0 spiro atoms. The number of nitrogens with two attached hydrogens (primary N) is 1. The molecule has 0 aliphatic carbocycles. The van der Waals surface area contributed by atoms with E-state index in [1.54, 1.807) is 6.20 Å². The standard InChI is InChI=1S/C11H19N7/c1-4-6(2)7(3)14-9-8-5-13-18-10(8)16-11(15-9)17-12/h5-7H,4,12H2,1-3H3,(H3,13,14,15,16,17,18). The number of hydrogen-bond acceptors (Lipinski definition) is 6. The van der Waals surface area contributed by atoms with Crippen molar-refractivity contribution in [2.75, 3.05) is 10.7 Å². The lowest BCUT2D eigenvalue weighted by atomic mass is 10.0. The van der Waals surface area contributed by atoms with Gasteiger partial charge >= 0.3 is 0 Å². The molecule has 2 aromatic rings. The highest BCUT2D eigenvalue weighted by molar-refractivity contribution is 5.87. The first-order valence-electron chi connectivity index (χ1n) is 6.10. The number of hydrazine groups is 1. The third kappa shape index (κ3) is 2.35.